The van der Waals surface area contributed by atoms with Crippen LogP contribution in [0.15, 0.2) is 4.60 Å². The average Bonchev–Trinajstić information content (AvgIpc) is 2.59. The van der Waals surface area contributed by atoms with E-state index in [0.29, 0.717) is 11.0 Å². The van der Waals surface area contributed by atoms with Gasteiger partial charge in [-0.15, -0.1) is 5.10 Å². The summed E-state index contributed by atoms with van der Waals surface area (Å²) in [6.07, 6.45) is 1.63. The second-order valence-electron chi connectivity index (χ2n) is 4.34. The number of hydrogen-bond acceptors (Lipinski definition) is 4. The normalized spacial score (nSPS) is 30.6. The molecule has 1 aromatic rings. The summed E-state index contributed by atoms with van der Waals surface area (Å²) >= 11 is 3.37. The molecule has 2 rings (SSSR count). The number of hydrogen-bond donors (Lipinski definition) is 2. The van der Waals surface area contributed by atoms with Crippen LogP contribution < -0.4 is 5.32 Å². The zero-order valence-electron chi connectivity index (χ0n) is 9.57. The first-order valence-electron chi connectivity index (χ1n) is 5.58. The van der Waals surface area contributed by atoms with E-state index < -0.39 is 5.60 Å². The van der Waals surface area contributed by atoms with Crippen LogP contribution in [0.1, 0.15) is 25.5 Å². The molecule has 0 saturated carbocycles. The quantitative estimate of drug-likeness (QED) is 0.845. The molecule has 1 aliphatic heterocycles. The molecular weight excluding hydrogens is 272 g/mol. The summed E-state index contributed by atoms with van der Waals surface area (Å²) in [5.74, 6) is 0.203. The number of nitrogens with zero attached hydrogens (tertiary/aromatic N) is 3. The topological polar surface area (TPSA) is 63.0 Å². The molecule has 2 atom stereocenters. The minimum Gasteiger partial charge on any atom is -0.383 e. The zero-order chi connectivity index (χ0) is 11.8. The lowest BCUT2D eigenvalue weighted by Crippen LogP contribution is -2.49. The van der Waals surface area contributed by atoms with Gasteiger partial charge in [0.15, 0.2) is 4.60 Å². The Bertz CT molecular complexity index is 361. The Morgan fingerprint density at radius 1 is 1.69 bits per heavy atom. The number of aryl methyl sites for hydroxylation is 1. The number of halogens is 1. The third-order valence-corrected chi connectivity index (χ3v) is 3.97. The standard InChI is InChI=1S/C10H17BrN4O/c1-3-7-6-12-5-4-10(7,16)8-9(11)13-14-15(8)2/h7,12,16H,3-6H2,1-2H3. The highest BCUT2D eigenvalue weighted by Gasteiger charge is 2.43. The van der Waals surface area contributed by atoms with Gasteiger partial charge in [0.25, 0.3) is 0 Å². The van der Waals surface area contributed by atoms with Crippen LogP contribution in [0.3, 0.4) is 0 Å². The first-order chi connectivity index (χ1) is 7.59. The number of piperidine rings is 1. The van der Waals surface area contributed by atoms with E-state index in [4.69, 9.17) is 0 Å². The summed E-state index contributed by atoms with van der Waals surface area (Å²) < 4.78 is 2.32. The third-order valence-electron chi connectivity index (χ3n) is 3.44. The van der Waals surface area contributed by atoms with Crippen LogP contribution in [0.4, 0.5) is 0 Å². The van der Waals surface area contributed by atoms with Crippen molar-refractivity contribution < 1.29 is 5.11 Å². The number of rotatable bonds is 2. The first-order valence-corrected chi connectivity index (χ1v) is 6.37. The van der Waals surface area contributed by atoms with Gasteiger partial charge in [-0.2, -0.15) is 0 Å². The van der Waals surface area contributed by atoms with Crippen molar-refractivity contribution in [3.05, 3.63) is 10.3 Å². The Balaban J connectivity index is 2.42. The van der Waals surface area contributed by atoms with Crippen molar-refractivity contribution in [1.82, 2.24) is 20.3 Å². The SMILES string of the molecule is CCC1CNCCC1(O)c1c(Br)nnn1C. The molecular formula is C10H17BrN4O. The molecule has 90 valence electrons. The average molecular weight is 289 g/mol. The first kappa shape index (κ1) is 12.0. The Morgan fingerprint density at radius 3 is 3.00 bits per heavy atom. The summed E-state index contributed by atoms with van der Waals surface area (Å²) in [6, 6.07) is 0. The largest absolute Gasteiger partial charge is 0.383 e. The fraction of sp³-hybridized carbons (Fsp3) is 0.800. The van der Waals surface area contributed by atoms with E-state index in [9.17, 15) is 5.11 Å². The minimum atomic E-state index is -0.822. The molecule has 0 radical (unpaired) electrons. The van der Waals surface area contributed by atoms with Crippen molar-refractivity contribution in [3.63, 3.8) is 0 Å². The van der Waals surface area contributed by atoms with Crippen molar-refractivity contribution in [2.24, 2.45) is 13.0 Å². The Kier molecular flexibility index (Phi) is 3.32. The van der Waals surface area contributed by atoms with Crippen molar-refractivity contribution in [2.45, 2.75) is 25.4 Å². The maximum atomic E-state index is 10.9. The highest BCUT2D eigenvalue weighted by molar-refractivity contribution is 9.10. The number of nitrogens with one attached hydrogen (secondary N) is 1. The van der Waals surface area contributed by atoms with Crippen LogP contribution in [-0.2, 0) is 12.6 Å². The van der Waals surface area contributed by atoms with Gasteiger partial charge in [0.2, 0.25) is 0 Å². The monoisotopic (exact) mass is 288 g/mol. The maximum Gasteiger partial charge on any atom is 0.154 e. The lowest BCUT2D eigenvalue weighted by Gasteiger charge is -2.39. The van der Waals surface area contributed by atoms with Crippen LogP contribution in [0, 0.1) is 5.92 Å². The molecule has 0 bridgehead atoms. The molecule has 1 saturated heterocycles. The molecule has 1 fully saturated rings. The highest BCUT2D eigenvalue weighted by Crippen LogP contribution is 2.39. The molecule has 0 aromatic carbocycles. The summed E-state index contributed by atoms with van der Waals surface area (Å²) in [5, 5.41) is 22.1. The molecule has 1 aromatic heterocycles. The van der Waals surface area contributed by atoms with Crippen molar-refractivity contribution >= 4 is 15.9 Å². The van der Waals surface area contributed by atoms with E-state index in [2.05, 4.69) is 38.5 Å². The van der Waals surface area contributed by atoms with Gasteiger partial charge in [-0.25, -0.2) is 4.68 Å². The van der Waals surface area contributed by atoms with E-state index in [-0.39, 0.29) is 5.92 Å². The predicted octanol–water partition coefficient (Wildman–Crippen LogP) is 0.785. The van der Waals surface area contributed by atoms with E-state index in [1.54, 1.807) is 4.68 Å². The molecule has 6 heteroatoms. The smallest absolute Gasteiger partial charge is 0.154 e. The van der Waals surface area contributed by atoms with Gasteiger partial charge < -0.3 is 10.4 Å². The predicted molar refractivity (Wildman–Crippen MR) is 63.9 cm³/mol. The van der Waals surface area contributed by atoms with E-state index in [0.717, 1.165) is 25.2 Å². The van der Waals surface area contributed by atoms with Gasteiger partial charge in [0.05, 0.1) is 0 Å². The fourth-order valence-corrected chi connectivity index (χ4v) is 3.18. The molecule has 1 aliphatic rings. The molecule has 0 spiro atoms. The summed E-state index contributed by atoms with van der Waals surface area (Å²) in [7, 11) is 1.82. The Labute approximate surface area is 103 Å². The van der Waals surface area contributed by atoms with Crippen LogP contribution in [0.25, 0.3) is 0 Å². The minimum absolute atomic E-state index is 0.203. The van der Waals surface area contributed by atoms with E-state index in [1.165, 1.54) is 0 Å². The van der Waals surface area contributed by atoms with Crippen molar-refractivity contribution in [2.75, 3.05) is 13.1 Å². The second kappa shape index (κ2) is 4.43. The Morgan fingerprint density at radius 2 is 2.44 bits per heavy atom. The Hall–Kier alpha value is -0.460. The van der Waals surface area contributed by atoms with Crippen molar-refractivity contribution in [3.8, 4) is 0 Å². The van der Waals surface area contributed by atoms with Crippen LogP contribution >= 0.6 is 15.9 Å². The van der Waals surface area contributed by atoms with Crippen LogP contribution in [0.5, 0.6) is 0 Å². The molecule has 16 heavy (non-hydrogen) atoms. The highest BCUT2D eigenvalue weighted by atomic mass is 79.9. The lowest BCUT2D eigenvalue weighted by molar-refractivity contribution is -0.0548. The van der Waals surface area contributed by atoms with Gasteiger partial charge in [-0.05, 0) is 35.3 Å². The molecule has 2 N–H and O–H groups in total. The molecule has 0 amide bonds. The van der Waals surface area contributed by atoms with Gasteiger partial charge in [0.1, 0.15) is 11.3 Å². The van der Waals surface area contributed by atoms with Gasteiger partial charge in [-0.3, -0.25) is 0 Å². The van der Waals surface area contributed by atoms with Crippen molar-refractivity contribution in [1.29, 1.82) is 0 Å². The molecule has 0 aliphatic carbocycles. The molecule has 2 heterocycles. The lowest BCUT2D eigenvalue weighted by atomic mass is 9.78. The van der Waals surface area contributed by atoms with E-state index in [1.807, 2.05) is 7.05 Å². The fourth-order valence-electron chi connectivity index (χ4n) is 2.51. The van der Waals surface area contributed by atoms with Crippen LogP contribution in [-0.4, -0.2) is 33.2 Å². The van der Waals surface area contributed by atoms with Gasteiger partial charge >= 0.3 is 0 Å². The molecule has 2 unspecified atom stereocenters. The summed E-state index contributed by atoms with van der Waals surface area (Å²) in [4.78, 5) is 0. The van der Waals surface area contributed by atoms with Gasteiger partial charge in [-0.1, -0.05) is 12.1 Å². The van der Waals surface area contributed by atoms with Gasteiger partial charge in [0, 0.05) is 19.5 Å². The van der Waals surface area contributed by atoms with Crippen LogP contribution in [0.2, 0.25) is 0 Å². The number of aromatic nitrogens is 3. The second-order valence-corrected chi connectivity index (χ2v) is 5.09. The van der Waals surface area contributed by atoms with E-state index >= 15 is 0 Å². The summed E-state index contributed by atoms with van der Waals surface area (Å²) in [6.45, 7) is 3.76. The zero-order valence-corrected chi connectivity index (χ0v) is 11.2. The summed E-state index contributed by atoms with van der Waals surface area (Å²) in [5.41, 5.74) is -0.0299. The third kappa shape index (κ3) is 1.78. The number of aliphatic hydroxyl groups is 1. The maximum absolute atomic E-state index is 10.9. The molecule has 5 nitrogen and oxygen atoms in total.